The van der Waals surface area contributed by atoms with Gasteiger partial charge < -0.3 is 10.4 Å². The third-order valence-corrected chi connectivity index (χ3v) is 2.55. The van der Waals surface area contributed by atoms with Gasteiger partial charge in [0.2, 0.25) is 11.8 Å². The van der Waals surface area contributed by atoms with Gasteiger partial charge in [0.25, 0.3) is 5.56 Å². The number of nitrogens with one attached hydrogen (secondary N) is 2. The Balaban J connectivity index is 2.69. The molecule has 0 saturated heterocycles. The van der Waals surface area contributed by atoms with Crippen LogP contribution >= 0.6 is 0 Å². The van der Waals surface area contributed by atoms with Crippen LogP contribution in [0.15, 0.2) is 29.1 Å². The summed E-state index contributed by atoms with van der Waals surface area (Å²) in [5.74, 6) is -0.0303. The molecule has 0 bridgehead atoms. The fraction of sp³-hybridized carbons (Fsp3) is 0.167. The van der Waals surface area contributed by atoms with Crippen LogP contribution in [-0.4, -0.2) is 22.1 Å². The van der Waals surface area contributed by atoms with Gasteiger partial charge in [0.1, 0.15) is 5.56 Å². The van der Waals surface area contributed by atoms with E-state index in [0.29, 0.717) is 5.56 Å². The van der Waals surface area contributed by atoms with Crippen molar-refractivity contribution >= 4 is 5.95 Å². The predicted octanol–water partition coefficient (Wildman–Crippen LogP) is 1.49. The van der Waals surface area contributed by atoms with E-state index in [1.165, 1.54) is 0 Å². The van der Waals surface area contributed by atoms with Gasteiger partial charge in [-0.3, -0.25) is 9.78 Å². The van der Waals surface area contributed by atoms with Crippen LogP contribution in [0.2, 0.25) is 0 Å². The monoisotopic (exact) mass is 231 g/mol. The molecule has 1 aromatic carbocycles. The van der Waals surface area contributed by atoms with E-state index in [4.69, 9.17) is 0 Å². The molecule has 2 aromatic rings. The van der Waals surface area contributed by atoms with E-state index in [9.17, 15) is 9.90 Å². The summed E-state index contributed by atoms with van der Waals surface area (Å²) in [5.41, 5.74) is 1.42. The molecule has 17 heavy (non-hydrogen) atoms. The Morgan fingerprint density at radius 2 is 2.06 bits per heavy atom. The number of benzene rings is 1. The van der Waals surface area contributed by atoms with Crippen molar-refractivity contribution in [2.24, 2.45) is 0 Å². The lowest BCUT2D eigenvalue weighted by Crippen LogP contribution is -2.13. The van der Waals surface area contributed by atoms with Crippen LogP contribution in [0, 0.1) is 6.92 Å². The maximum Gasteiger partial charge on any atom is 0.264 e. The summed E-state index contributed by atoms with van der Waals surface area (Å²) in [5, 5.41) is 12.5. The molecule has 1 aromatic heterocycles. The number of aromatic amines is 1. The first-order valence-electron chi connectivity index (χ1n) is 5.20. The van der Waals surface area contributed by atoms with Crippen LogP contribution in [0.1, 0.15) is 5.56 Å². The highest BCUT2D eigenvalue weighted by atomic mass is 16.3. The highest BCUT2D eigenvalue weighted by Crippen LogP contribution is 2.26. The third kappa shape index (κ3) is 1.99. The number of aromatic hydroxyl groups is 1. The van der Waals surface area contributed by atoms with Crippen molar-refractivity contribution in [3.8, 4) is 17.0 Å². The Bertz CT molecular complexity index is 605. The van der Waals surface area contributed by atoms with Gasteiger partial charge in [0.05, 0.1) is 0 Å². The van der Waals surface area contributed by atoms with Crippen LogP contribution in [-0.2, 0) is 0 Å². The van der Waals surface area contributed by atoms with E-state index < -0.39 is 0 Å². The number of aromatic nitrogens is 2. The summed E-state index contributed by atoms with van der Waals surface area (Å²) >= 11 is 0. The normalized spacial score (nSPS) is 10.2. The van der Waals surface area contributed by atoms with Crippen molar-refractivity contribution in [3.63, 3.8) is 0 Å². The van der Waals surface area contributed by atoms with E-state index in [0.717, 1.165) is 5.56 Å². The molecule has 2 rings (SSSR count). The van der Waals surface area contributed by atoms with Crippen LogP contribution in [0.5, 0.6) is 5.88 Å². The zero-order valence-electron chi connectivity index (χ0n) is 9.61. The highest BCUT2D eigenvalue weighted by Gasteiger charge is 2.13. The summed E-state index contributed by atoms with van der Waals surface area (Å²) in [6, 6.07) is 7.34. The Morgan fingerprint density at radius 1 is 1.35 bits per heavy atom. The Morgan fingerprint density at radius 3 is 2.65 bits per heavy atom. The van der Waals surface area contributed by atoms with Crippen LogP contribution in [0.25, 0.3) is 11.1 Å². The van der Waals surface area contributed by atoms with Crippen molar-refractivity contribution < 1.29 is 5.11 Å². The lowest BCUT2D eigenvalue weighted by Gasteiger charge is -2.07. The van der Waals surface area contributed by atoms with E-state index >= 15 is 0 Å². The number of rotatable bonds is 2. The van der Waals surface area contributed by atoms with Gasteiger partial charge in [-0.25, -0.2) is 0 Å². The lowest BCUT2D eigenvalue weighted by molar-refractivity contribution is 0.454. The van der Waals surface area contributed by atoms with Crippen molar-refractivity contribution in [1.29, 1.82) is 0 Å². The fourth-order valence-electron chi connectivity index (χ4n) is 1.68. The van der Waals surface area contributed by atoms with Gasteiger partial charge in [-0.05, 0) is 18.1 Å². The molecule has 0 spiro atoms. The molecule has 0 radical (unpaired) electrons. The van der Waals surface area contributed by atoms with E-state index in [-0.39, 0.29) is 23.0 Å². The van der Waals surface area contributed by atoms with E-state index in [2.05, 4.69) is 15.3 Å². The standard InChI is InChI=1S/C12H13N3O2/c1-7-5-3-4-6-8(7)9-10(16)14-12(13-2)15-11(9)17/h3-6H,1-2H3,(H3,13,14,15,16,17). The first kappa shape index (κ1) is 11.2. The molecule has 0 saturated carbocycles. The van der Waals surface area contributed by atoms with Crippen molar-refractivity contribution in [2.75, 3.05) is 12.4 Å². The SMILES string of the molecule is CNc1nc(O)c(-c2ccccc2C)c(=O)[nH]1. The number of anilines is 1. The highest BCUT2D eigenvalue weighted by molar-refractivity contribution is 5.70. The summed E-state index contributed by atoms with van der Waals surface area (Å²) < 4.78 is 0. The van der Waals surface area contributed by atoms with Gasteiger partial charge in [0, 0.05) is 7.05 Å². The topological polar surface area (TPSA) is 78.0 Å². The van der Waals surface area contributed by atoms with Gasteiger partial charge in [-0.15, -0.1) is 0 Å². The molecule has 3 N–H and O–H groups in total. The first-order chi connectivity index (χ1) is 8.13. The van der Waals surface area contributed by atoms with Gasteiger partial charge >= 0.3 is 0 Å². The second-order valence-electron chi connectivity index (χ2n) is 3.68. The number of nitrogens with zero attached hydrogens (tertiary/aromatic N) is 1. The number of hydrogen-bond acceptors (Lipinski definition) is 4. The lowest BCUT2D eigenvalue weighted by atomic mass is 10.0. The van der Waals surface area contributed by atoms with Crippen LogP contribution in [0.4, 0.5) is 5.95 Å². The largest absolute Gasteiger partial charge is 0.493 e. The van der Waals surface area contributed by atoms with Crippen molar-refractivity contribution in [1.82, 2.24) is 9.97 Å². The zero-order chi connectivity index (χ0) is 12.4. The fourth-order valence-corrected chi connectivity index (χ4v) is 1.68. The molecular formula is C12H13N3O2. The average Bonchev–Trinajstić information content (AvgIpc) is 2.30. The van der Waals surface area contributed by atoms with E-state index in [1.54, 1.807) is 13.1 Å². The van der Waals surface area contributed by atoms with Crippen molar-refractivity contribution in [3.05, 3.63) is 40.2 Å². The number of hydrogen-bond donors (Lipinski definition) is 3. The Hall–Kier alpha value is -2.30. The minimum Gasteiger partial charge on any atom is -0.493 e. The molecule has 1 heterocycles. The molecule has 5 nitrogen and oxygen atoms in total. The smallest absolute Gasteiger partial charge is 0.264 e. The second kappa shape index (κ2) is 4.29. The Kier molecular flexibility index (Phi) is 2.82. The quantitative estimate of drug-likeness (QED) is 0.731. The molecule has 0 atom stereocenters. The average molecular weight is 231 g/mol. The molecular weight excluding hydrogens is 218 g/mol. The summed E-state index contributed by atoms with van der Waals surface area (Å²) in [4.78, 5) is 18.3. The van der Waals surface area contributed by atoms with Crippen LogP contribution in [0.3, 0.4) is 0 Å². The zero-order valence-corrected chi connectivity index (χ0v) is 9.61. The summed E-state index contributed by atoms with van der Waals surface area (Å²) in [6.45, 7) is 1.88. The van der Waals surface area contributed by atoms with Gasteiger partial charge in [-0.2, -0.15) is 4.98 Å². The molecule has 5 heteroatoms. The summed E-state index contributed by atoms with van der Waals surface area (Å²) in [6.07, 6.45) is 0. The molecule has 0 aliphatic rings. The van der Waals surface area contributed by atoms with Crippen LogP contribution < -0.4 is 10.9 Å². The molecule has 0 aliphatic carbocycles. The maximum atomic E-state index is 11.9. The van der Waals surface area contributed by atoms with Crippen molar-refractivity contribution in [2.45, 2.75) is 6.92 Å². The number of aryl methyl sites for hydroxylation is 1. The summed E-state index contributed by atoms with van der Waals surface area (Å²) in [7, 11) is 1.62. The van der Waals surface area contributed by atoms with E-state index in [1.807, 2.05) is 25.1 Å². The predicted molar refractivity (Wildman–Crippen MR) is 66.2 cm³/mol. The van der Waals surface area contributed by atoms with Gasteiger partial charge in [0.15, 0.2) is 0 Å². The molecule has 88 valence electrons. The third-order valence-electron chi connectivity index (χ3n) is 2.55. The number of H-pyrrole nitrogens is 1. The molecule has 0 unspecified atom stereocenters. The molecule has 0 amide bonds. The molecule has 0 aliphatic heterocycles. The first-order valence-corrected chi connectivity index (χ1v) is 5.20. The minimum atomic E-state index is -0.365. The van der Waals surface area contributed by atoms with Gasteiger partial charge in [-0.1, -0.05) is 24.3 Å². The molecule has 0 fully saturated rings. The second-order valence-corrected chi connectivity index (χ2v) is 3.68. The Labute approximate surface area is 98.2 Å². The maximum absolute atomic E-state index is 11.9. The minimum absolute atomic E-state index is 0.196.